The summed E-state index contributed by atoms with van der Waals surface area (Å²) in [7, 11) is 0. The molecule has 3 rings (SSSR count). The minimum Gasteiger partial charge on any atom is -0.481 e. The second kappa shape index (κ2) is 9.80. The molecule has 4 nitrogen and oxygen atoms in total. The van der Waals surface area contributed by atoms with Crippen molar-refractivity contribution in [2.45, 2.75) is 17.7 Å². The van der Waals surface area contributed by atoms with Crippen molar-refractivity contribution >= 4 is 41.3 Å². The maximum Gasteiger partial charge on any atom is 0.308 e. The first-order chi connectivity index (χ1) is 13.5. The Kier molecular flexibility index (Phi) is 7.18. The molecule has 1 amide bonds. The maximum atomic E-state index is 13.2. The van der Waals surface area contributed by atoms with Crippen molar-refractivity contribution in [2.75, 3.05) is 18.8 Å². The van der Waals surface area contributed by atoms with Crippen molar-refractivity contribution in [1.82, 2.24) is 4.90 Å². The summed E-state index contributed by atoms with van der Waals surface area (Å²) in [5, 5.41) is 9.93. The molecular formula is C22H22ClNO3S. The van der Waals surface area contributed by atoms with Crippen LogP contribution in [0.2, 0.25) is 5.02 Å². The molecule has 2 aromatic carbocycles. The zero-order chi connectivity index (χ0) is 19.9. The highest BCUT2D eigenvalue weighted by Crippen LogP contribution is 2.25. The van der Waals surface area contributed by atoms with E-state index in [1.807, 2.05) is 54.6 Å². The lowest BCUT2D eigenvalue weighted by atomic mass is 9.97. The SMILES string of the molecule is O=C(O)[C@@H]1CCCN(C(=O)/C(=C/c2cccc(Cl)c2)CSc2ccccc2)C1. The van der Waals surface area contributed by atoms with Gasteiger partial charge in [0.1, 0.15) is 0 Å². The number of carbonyl (C=O) groups excluding carboxylic acids is 1. The third-order valence-corrected chi connectivity index (χ3v) is 5.96. The molecule has 28 heavy (non-hydrogen) atoms. The Labute approximate surface area is 174 Å². The van der Waals surface area contributed by atoms with Crippen LogP contribution in [0.4, 0.5) is 0 Å². The molecule has 1 aliphatic rings. The topological polar surface area (TPSA) is 57.6 Å². The Balaban J connectivity index is 1.82. The Hall–Kier alpha value is -2.24. The molecular weight excluding hydrogens is 394 g/mol. The minimum atomic E-state index is -0.837. The van der Waals surface area contributed by atoms with Crippen LogP contribution in [-0.4, -0.2) is 40.7 Å². The number of hydrogen-bond donors (Lipinski definition) is 1. The lowest BCUT2D eigenvalue weighted by molar-refractivity contribution is -0.145. The molecule has 1 heterocycles. The van der Waals surface area contributed by atoms with E-state index in [1.54, 1.807) is 22.7 Å². The Morgan fingerprint density at radius 2 is 1.96 bits per heavy atom. The second-order valence-electron chi connectivity index (χ2n) is 6.75. The largest absolute Gasteiger partial charge is 0.481 e. The summed E-state index contributed by atoms with van der Waals surface area (Å²) < 4.78 is 0. The molecule has 1 atom stereocenters. The van der Waals surface area contributed by atoms with Crippen molar-refractivity contribution in [3.63, 3.8) is 0 Å². The number of likely N-dealkylation sites (tertiary alicyclic amines) is 1. The van der Waals surface area contributed by atoms with Crippen LogP contribution in [0.25, 0.3) is 6.08 Å². The Morgan fingerprint density at radius 3 is 2.68 bits per heavy atom. The first-order valence-electron chi connectivity index (χ1n) is 9.19. The molecule has 0 aliphatic carbocycles. The average molecular weight is 416 g/mol. The number of aliphatic carboxylic acids is 1. The normalized spacial score (nSPS) is 17.4. The van der Waals surface area contributed by atoms with Gasteiger partial charge in [-0.15, -0.1) is 11.8 Å². The van der Waals surface area contributed by atoms with E-state index in [4.69, 9.17) is 11.6 Å². The predicted molar refractivity (Wildman–Crippen MR) is 114 cm³/mol. The van der Waals surface area contributed by atoms with Gasteiger partial charge in [0, 0.05) is 34.3 Å². The van der Waals surface area contributed by atoms with Crippen molar-refractivity contribution in [1.29, 1.82) is 0 Å². The lowest BCUT2D eigenvalue weighted by Crippen LogP contribution is -2.43. The summed E-state index contributed by atoms with van der Waals surface area (Å²) in [4.78, 5) is 27.3. The van der Waals surface area contributed by atoms with Gasteiger partial charge in [-0.2, -0.15) is 0 Å². The molecule has 2 aromatic rings. The quantitative estimate of drug-likeness (QED) is 0.541. The van der Waals surface area contributed by atoms with Gasteiger partial charge in [-0.3, -0.25) is 9.59 Å². The fourth-order valence-electron chi connectivity index (χ4n) is 3.21. The van der Waals surface area contributed by atoms with E-state index in [2.05, 4.69) is 0 Å². The summed E-state index contributed by atoms with van der Waals surface area (Å²) in [5.74, 6) is -0.929. The summed E-state index contributed by atoms with van der Waals surface area (Å²) >= 11 is 7.67. The second-order valence-corrected chi connectivity index (χ2v) is 8.24. The number of benzene rings is 2. The highest BCUT2D eigenvalue weighted by atomic mass is 35.5. The Bertz CT molecular complexity index is 869. The number of carboxylic acid groups (broad SMARTS) is 1. The van der Waals surface area contributed by atoms with Gasteiger partial charge in [0.2, 0.25) is 0 Å². The van der Waals surface area contributed by atoms with Crippen LogP contribution < -0.4 is 0 Å². The molecule has 0 radical (unpaired) electrons. The third-order valence-electron chi connectivity index (χ3n) is 4.66. The fourth-order valence-corrected chi connectivity index (χ4v) is 4.28. The molecule has 1 fully saturated rings. The van der Waals surface area contributed by atoms with E-state index in [1.165, 1.54) is 0 Å². The van der Waals surface area contributed by atoms with Gasteiger partial charge in [-0.1, -0.05) is 41.9 Å². The first-order valence-corrected chi connectivity index (χ1v) is 10.6. The highest BCUT2D eigenvalue weighted by molar-refractivity contribution is 7.99. The smallest absolute Gasteiger partial charge is 0.308 e. The van der Waals surface area contributed by atoms with Crippen LogP contribution in [0.15, 0.2) is 65.1 Å². The zero-order valence-electron chi connectivity index (χ0n) is 15.4. The van der Waals surface area contributed by atoms with E-state index in [0.717, 1.165) is 10.5 Å². The van der Waals surface area contributed by atoms with Crippen LogP contribution in [-0.2, 0) is 9.59 Å². The van der Waals surface area contributed by atoms with Gasteiger partial charge < -0.3 is 10.0 Å². The molecule has 0 spiro atoms. The number of hydrogen-bond acceptors (Lipinski definition) is 3. The predicted octanol–water partition coefficient (Wildman–Crippen LogP) is 4.84. The van der Waals surface area contributed by atoms with E-state index >= 15 is 0 Å². The van der Waals surface area contributed by atoms with E-state index in [0.29, 0.717) is 35.7 Å². The van der Waals surface area contributed by atoms with E-state index < -0.39 is 11.9 Å². The number of amides is 1. The molecule has 1 saturated heterocycles. The highest BCUT2D eigenvalue weighted by Gasteiger charge is 2.29. The van der Waals surface area contributed by atoms with E-state index in [9.17, 15) is 14.7 Å². The fraction of sp³-hybridized carbons (Fsp3) is 0.273. The van der Waals surface area contributed by atoms with Crippen LogP contribution in [0.5, 0.6) is 0 Å². The molecule has 146 valence electrons. The summed E-state index contributed by atoms with van der Waals surface area (Å²) in [6, 6.07) is 17.3. The standard InChI is InChI=1S/C22H22ClNO3S/c23-19-8-4-6-16(13-19)12-18(15-28-20-9-2-1-3-10-20)21(25)24-11-5-7-17(14-24)22(26)27/h1-4,6,8-10,12-13,17H,5,7,11,14-15H2,(H,26,27)/b18-12+/t17-/m1/s1. The first kappa shape index (κ1) is 20.5. The van der Waals surface area contributed by atoms with Crippen LogP contribution in [0.3, 0.4) is 0 Å². The van der Waals surface area contributed by atoms with Gasteiger partial charge >= 0.3 is 5.97 Å². The number of halogens is 1. The number of rotatable bonds is 6. The monoisotopic (exact) mass is 415 g/mol. The van der Waals surface area contributed by atoms with Gasteiger partial charge in [0.25, 0.3) is 5.91 Å². The van der Waals surface area contributed by atoms with Crippen molar-refractivity contribution in [3.8, 4) is 0 Å². The zero-order valence-corrected chi connectivity index (χ0v) is 17.0. The van der Waals surface area contributed by atoms with Crippen LogP contribution >= 0.6 is 23.4 Å². The van der Waals surface area contributed by atoms with E-state index in [-0.39, 0.29) is 12.5 Å². The number of carbonyl (C=O) groups is 2. The number of thioether (sulfide) groups is 1. The summed E-state index contributed by atoms with van der Waals surface area (Å²) in [6.07, 6.45) is 3.18. The number of piperidine rings is 1. The van der Waals surface area contributed by atoms with Crippen molar-refractivity contribution in [2.24, 2.45) is 5.92 Å². The molecule has 0 bridgehead atoms. The van der Waals surface area contributed by atoms with Crippen LogP contribution in [0, 0.1) is 5.92 Å². The number of nitrogens with zero attached hydrogens (tertiary/aromatic N) is 1. The molecule has 0 aromatic heterocycles. The van der Waals surface area contributed by atoms with Gasteiger partial charge in [0.15, 0.2) is 0 Å². The summed E-state index contributed by atoms with van der Waals surface area (Å²) in [6.45, 7) is 0.850. The Morgan fingerprint density at radius 1 is 1.18 bits per heavy atom. The number of carboxylic acids is 1. The minimum absolute atomic E-state index is 0.102. The van der Waals surface area contributed by atoms with Gasteiger partial charge in [0.05, 0.1) is 5.92 Å². The molecule has 6 heteroatoms. The third kappa shape index (κ3) is 5.63. The lowest BCUT2D eigenvalue weighted by Gasteiger charge is -2.31. The molecule has 1 N–H and O–H groups in total. The average Bonchev–Trinajstić information content (AvgIpc) is 2.71. The maximum absolute atomic E-state index is 13.2. The van der Waals surface area contributed by atoms with Gasteiger partial charge in [-0.05, 0) is 48.7 Å². The molecule has 1 aliphatic heterocycles. The van der Waals surface area contributed by atoms with Crippen LogP contribution in [0.1, 0.15) is 18.4 Å². The summed E-state index contributed by atoms with van der Waals surface area (Å²) in [5.41, 5.74) is 1.50. The van der Waals surface area contributed by atoms with Crippen molar-refractivity contribution in [3.05, 3.63) is 70.8 Å². The van der Waals surface area contributed by atoms with Gasteiger partial charge in [-0.25, -0.2) is 0 Å². The molecule has 0 unspecified atom stereocenters. The van der Waals surface area contributed by atoms with Crippen molar-refractivity contribution < 1.29 is 14.7 Å². The molecule has 0 saturated carbocycles.